The van der Waals surface area contributed by atoms with Gasteiger partial charge in [0.25, 0.3) is 0 Å². The normalized spacial score (nSPS) is 10.0. The van der Waals surface area contributed by atoms with Crippen LogP contribution in [0.3, 0.4) is 0 Å². The number of carbonyl (C=O) groups is 2. The van der Waals surface area contributed by atoms with Gasteiger partial charge in [-0.15, -0.1) is 0 Å². The van der Waals surface area contributed by atoms with Crippen LogP contribution in [0.1, 0.15) is 6.42 Å². The smallest absolute Gasteiger partial charge is 0.313 e. The molecule has 0 atom stereocenters. The Hall–Kier alpha value is -2.04. The molecule has 1 aromatic carbocycles. The lowest BCUT2D eigenvalue weighted by atomic mass is 10.3. The molecule has 1 rings (SSSR count). The minimum absolute atomic E-state index is 0.460. The minimum Gasteiger partial charge on any atom is -0.348 e. The van der Waals surface area contributed by atoms with E-state index in [1.807, 2.05) is 24.4 Å². The molecule has 21 heavy (non-hydrogen) atoms. The monoisotopic (exact) mass is 306 g/mol. The summed E-state index contributed by atoms with van der Waals surface area (Å²) in [6.45, 7) is 1.31. The van der Waals surface area contributed by atoms with Crippen LogP contribution in [-0.4, -0.2) is 43.9 Å². The van der Waals surface area contributed by atoms with Crippen molar-refractivity contribution < 1.29 is 9.59 Å². The Morgan fingerprint density at radius 3 is 2.48 bits per heavy atom. The number of nitrogens with zero attached hydrogens (tertiary/aromatic N) is 2. The van der Waals surface area contributed by atoms with Crippen LogP contribution < -0.4 is 10.6 Å². The molecule has 0 fully saturated rings. The van der Waals surface area contributed by atoms with Gasteiger partial charge in [-0.05, 0) is 63.1 Å². The molecule has 7 heteroatoms. The summed E-state index contributed by atoms with van der Waals surface area (Å²) in [5.41, 5.74) is 0.519. The first-order valence-corrected chi connectivity index (χ1v) is 7.24. The molecule has 0 unspecified atom stereocenters. The van der Waals surface area contributed by atoms with Crippen molar-refractivity contribution in [3.05, 3.63) is 24.3 Å². The molecule has 0 bridgehead atoms. The topological polar surface area (TPSA) is 85.2 Å². The van der Waals surface area contributed by atoms with E-state index in [1.165, 1.54) is 0 Å². The molecule has 0 aliphatic heterocycles. The summed E-state index contributed by atoms with van der Waals surface area (Å²) >= 11 is 1.03. The molecule has 0 aromatic heterocycles. The van der Waals surface area contributed by atoms with Crippen molar-refractivity contribution >= 4 is 29.3 Å². The van der Waals surface area contributed by atoms with Crippen molar-refractivity contribution in [3.63, 3.8) is 0 Å². The molecule has 2 amide bonds. The zero-order chi connectivity index (χ0) is 15.7. The maximum atomic E-state index is 11.7. The predicted molar refractivity (Wildman–Crippen MR) is 82.7 cm³/mol. The number of hydrogen-bond donors (Lipinski definition) is 2. The van der Waals surface area contributed by atoms with Crippen molar-refractivity contribution in [2.45, 2.75) is 11.3 Å². The van der Waals surface area contributed by atoms with Crippen molar-refractivity contribution in [1.82, 2.24) is 10.2 Å². The molecular formula is C14H18N4O2S. The van der Waals surface area contributed by atoms with E-state index in [9.17, 15) is 9.59 Å². The molecule has 1 aromatic rings. The van der Waals surface area contributed by atoms with Crippen LogP contribution in [0.4, 0.5) is 5.69 Å². The lowest BCUT2D eigenvalue weighted by Crippen LogP contribution is -2.36. The number of amides is 2. The zero-order valence-corrected chi connectivity index (χ0v) is 12.9. The highest BCUT2D eigenvalue weighted by atomic mass is 32.2. The van der Waals surface area contributed by atoms with E-state index < -0.39 is 11.8 Å². The van der Waals surface area contributed by atoms with Gasteiger partial charge < -0.3 is 15.5 Å². The second-order valence-electron chi connectivity index (χ2n) is 4.58. The number of rotatable bonds is 6. The van der Waals surface area contributed by atoms with Gasteiger partial charge in [0, 0.05) is 17.1 Å². The second kappa shape index (κ2) is 9.00. The molecular weight excluding hydrogens is 288 g/mol. The molecule has 0 aliphatic carbocycles. The Bertz CT molecular complexity index is 523. The first-order valence-electron chi connectivity index (χ1n) is 6.43. The average molecular weight is 306 g/mol. The molecule has 0 radical (unpaired) electrons. The lowest BCUT2D eigenvalue weighted by Gasteiger charge is -2.10. The fraction of sp³-hybridized carbons (Fsp3) is 0.357. The number of thiocyanates is 1. The van der Waals surface area contributed by atoms with E-state index in [0.717, 1.165) is 29.6 Å². The molecule has 0 aliphatic rings. The number of thioether (sulfide) groups is 1. The minimum atomic E-state index is -0.694. The Labute approximate surface area is 128 Å². The molecule has 2 N–H and O–H groups in total. The maximum Gasteiger partial charge on any atom is 0.313 e. The lowest BCUT2D eigenvalue weighted by molar-refractivity contribution is -0.136. The van der Waals surface area contributed by atoms with E-state index in [0.29, 0.717) is 12.2 Å². The molecule has 112 valence electrons. The van der Waals surface area contributed by atoms with Crippen molar-refractivity contribution in [1.29, 1.82) is 5.26 Å². The summed E-state index contributed by atoms with van der Waals surface area (Å²) in [6.07, 6.45) is 0.784. The van der Waals surface area contributed by atoms with E-state index in [2.05, 4.69) is 10.6 Å². The largest absolute Gasteiger partial charge is 0.348 e. The first kappa shape index (κ1) is 17.0. The molecule has 0 saturated carbocycles. The van der Waals surface area contributed by atoms with Crippen LogP contribution in [-0.2, 0) is 9.59 Å². The van der Waals surface area contributed by atoms with Gasteiger partial charge in [-0.3, -0.25) is 9.59 Å². The highest BCUT2D eigenvalue weighted by Gasteiger charge is 2.12. The summed E-state index contributed by atoms with van der Waals surface area (Å²) in [4.78, 5) is 26.0. The summed E-state index contributed by atoms with van der Waals surface area (Å²) in [5.74, 6) is -1.34. The number of nitriles is 1. The quantitative estimate of drug-likeness (QED) is 0.358. The highest BCUT2D eigenvalue weighted by Crippen LogP contribution is 2.18. The molecule has 0 heterocycles. The van der Waals surface area contributed by atoms with Crippen molar-refractivity contribution in [3.8, 4) is 5.40 Å². The van der Waals surface area contributed by atoms with E-state index >= 15 is 0 Å². The summed E-state index contributed by atoms with van der Waals surface area (Å²) < 4.78 is 0. The summed E-state index contributed by atoms with van der Waals surface area (Å²) in [7, 11) is 3.89. The van der Waals surface area contributed by atoms with Gasteiger partial charge in [-0.1, -0.05) is 0 Å². The fourth-order valence-electron chi connectivity index (χ4n) is 1.52. The second-order valence-corrected chi connectivity index (χ2v) is 5.44. The zero-order valence-electron chi connectivity index (χ0n) is 12.0. The summed E-state index contributed by atoms with van der Waals surface area (Å²) in [5, 5.41) is 15.6. The number of nitrogens with one attached hydrogen (secondary N) is 2. The van der Waals surface area contributed by atoms with Crippen molar-refractivity contribution in [2.75, 3.05) is 32.5 Å². The van der Waals surface area contributed by atoms with E-state index in [-0.39, 0.29) is 0 Å². The van der Waals surface area contributed by atoms with E-state index in [1.54, 1.807) is 24.3 Å². The molecule has 6 nitrogen and oxygen atoms in total. The van der Waals surface area contributed by atoms with Gasteiger partial charge in [-0.2, -0.15) is 5.26 Å². The number of anilines is 1. The third-order valence-electron chi connectivity index (χ3n) is 2.55. The van der Waals surface area contributed by atoms with Gasteiger partial charge in [0.2, 0.25) is 0 Å². The average Bonchev–Trinajstić information content (AvgIpc) is 2.45. The SMILES string of the molecule is CN(C)CCCNC(=O)C(=O)Nc1ccc(SC#N)cc1. The number of benzene rings is 1. The Balaban J connectivity index is 2.38. The van der Waals surface area contributed by atoms with Gasteiger partial charge in [0.05, 0.1) is 0 Å². The molecule has 0 spiro atoms. The van der Waals surface area contributed by atoms with Crippen LogP contribution in [0.25, 0.3) is 0 Å². The van der Waals surface area contributed by atoms with Crippen molar-refractivity contribution in [2.24, 2.45) is 0 Å². The fourth-order valence-corrected chi connectivity index (χ4v) is 1.90. The van der Waals surface area contributed by atoms with Crippen LogP contribution in [0.5, 0.6) is 0 Å². The standard InChI is InChI=1S/C14H18N4O2S/c1-18(2)9-3-8-16-13(19)14(20)17-11-4-6-12(7-5-11)21-10-15/h4-7H,3,8-9H2,1-2H3,(H,16,19)(H,17,20). The predicted octanol–water partition coefficient (Wildman–Crippen LogP) is 1.27. The van der Waals surface area contributed by atoms with Crippen LogP contribution in [0.2, 0.25) is 0 Å². The first-order chi connectivity index (χ1) is 10.0. The van der Waals surface area contributed by atoms with Gasteiger partial charge >= 0.3 is 11.8 Å². The van der Waals surface area contributed by atoms with Gasteiger partial charge in [0.15, 0.2) is 0 Å². The summed E-state index contributed by atoms with van der Waals surface area (Å²) in [6, 6.07) is 6.71. The number of carbonyl (C=O) groups excluding carboxylic acids is 2. The molecule has 0 saturated heterocycles. The Kier molecular flexibility index (Phi) is 7.29. The Morgan fingerprint density at radius 2 is 1.90 bits per heavy atom. The maximum absolute atomic E-state index is 11.7. The van der Waals surface area contributed by atoms with Crippen LogP contribution >= 0.6 is 11.8 Å². The van der Waals surface area contributed by atoms with Crippen LogP contribution in [0.15, 0.2) is 29.2 Å². The van der Waals surface area contributed by atoms with Gasteiger partial charge in [-0.25, -0.2) is 0 Å². The number of hydrogen-bond acceptors (Lipinski definition) is 5. The van der Waals surface area contributed by atoms with Crippen LogP contribution in [0, 0.1) is 10.7 Å². The highest BCUT2D eigenvalue weighted by molar-refractivity contribution is 8.03. The van der Waals surface area contributed by atoms with Gasteiger partial charge in [0.1, 0.15) is 5.40 Å². The Morgan fingerprint density at radius 1 is 1.24 bits per heavy atom. The third kappa shape index (κ3) is 6.79. The third-order valence-corrected chi connectivity index (χ3v) is 3.15. The van der Waals surface area contributed by atoms with E-state index in [4.69, 9.17) is 5.26 Å².